The van der Waals surface area contributed by atoms with Gasteiger partial charge in [0.05, 0.1) is 18.5 Å². The zero-order valence-corrected chi connectivity index (χ0v) is 9.30. The van der Waals surface area contributed by atoms with E-state index in [4.69, 9.17) is 22.7 Å². The topological polar surface area (TPSA) is 48.1 Å². The summed E-state index contributed by atoms with van der Waals surface area (Å²) in [6.45, 7) is 0.777. The van der Waals surface area contributed by atoms with Crippen molar-refractivity contribution in [3.8, 4) is 5.75 Å². The molecule has 1 heterocycles. The highest BCUT2D eigenvalue weighted by Crippen LogP contribution is 2.32. The Morgan fingerprint density at radius 3 is 2.87 bits per heavy atom. The minimum atomic E-state index is 0.319. The Morgan fingerprint density at radius 2 is 2.33 bits per heavy atom. The highest BCUT2D eigenvalue weighted by Gasteiger charge is 2.20. The Labute approximate surface area is 94.6 Å². The average Bonchev–Trinajstić information content (AvgIpc) is 3.02. The molecule has 15 heavy (non-hydrogen) atoms. The summed E-state index contributed by atoms with van der Waals surface area (Å²) >= 11 is 4.81. The van der Waals surface area contributed by atoms with Crippen LogP contribution < -0.4 is 10.5 Å². The quantitative estimate of drug-likeness (QED) is 0.773. The maximum Gasteiger partial charge on any atom is 0.137 e. The summed E-state index contributed by atoms with van der Waals surface area (Å²) in [7, 11) is 0. The second kappa shape index (κ2) is 4.57. The molecule has 0 spiro atoms. The minimum Gasteiger partial charge on any atom is -0.492 e. The van der Waals surface area contributed by atoms with Crippen molar-refractivity contribution in [2.24, 2.45) is 11.7 Å². The van der Waals surface area contributed by atoms with Crippen molar-refractivity contribution in [3.05, 3.63) is 24.0 Å². The summed E-state index contributed by atoms with van der Waals surface area (Å²) in [6, 6.07) is 3.64. The van der Waals surface area contributed by atoms with Gasteiger partial charge in [-0.3, -0.25) is 0 Å². The Bertz CT molecular complexity index is 346. The molecule has 0 aliphatic heterocycles. The predicted octanol–water partition coefficient (Wildman–Crippen LogP) is 1.89. The Morgan fingerprint density at radius 1 is 1.53 bits per heavy atom. The largest absolute Gasteiger partial charge is 0.492 e. The lowest BCUT2D eigenvalue weighted by Crippen LogP contribution is -2.11. The highest BCUT2D eigenvalue weighted by atomic mass is 32.1. The van der Waals surface area contributed by atoms with Gasteiger partial charge in [-0.05, 0) is 24.5 Å². The number of hydrogen-bond donors (Lipinski definition) is 1. The van der Waals surface area contributed by atoms with Crippen LogP contribution in [0, 0.1) is 5.92 Å². The fourth-order valence-electron chi connectivity index (χ4n) is 1.36. The summed E-state index contributed by atoms with van der Waals surface area (Å²) in [5, 5.41) is 0. The third-order valence-electron chi connectivity index (χ3n) is 2.48. The molecule has 1 aromatic heterocycles. The van der Waals surface area contributed by atoms with E-state index in [0.717, 1.165) is 24.7 Å². The number of nitrogens with zero attached hydrogens (tertiary/aromatic N) is 1. The fourth-order valence-corrected chi connectivity index (χ4v) is 1.48. The standard InChI is InChI=1S/C11H14N2OS/c12-11(15)10-4-3-9(7-13-10)14-6-5-8-1-2-8/h3-4,7-8H,1-2,5-6H2,(H2,12,15). The number of hydrogen-bond acceptors (Lipinski definition) is 3. The first-order valence-corrected chi connectivity index (χ1v) is 5.55. The molecule has 0 radical (unpaired) electrons. The molecule has 1 aliphatic carbocycles. The maximum absolute atomic E-state index is 5.54. The van der Waals surface area contributed by atoms with E-state index in [0.29, 0.717) is 10.7 Å². The van der Waals surface area contributed by atoms with Gasteiger partial charge in [0, 0.05) is 0 Å². The lowest BCUT2D eigenvalue weighted by Gasteiger charge is -2.05. The second-order valence-corrected chi connectivity index (χ2v) is 4.26. The van der Waals surface area contributed by atoms with E-state index < -0.39 is 0 Å². The number of ether oxygens (including phenoxy) is 1. The van der Waals surface area contributed by atoms with E-state index in [2.05, 4.69) is 4.98 Å². The molecule has 2 rings (SSSR count). The molecule has 0 amide bonds. The van der Waals surface area contributed by atoms with Crippen LogP contribution >= 0.6 is 12.2 Å². The monoisotopic (exact) mass is 222 g/mol. The predicted molar refractivity (Wildman–Crippen MR) is 63.0 cm³/mol. The van der Waals surface area contributed by atoms with Crippen molar-refractivity contribution in [1.82, 2.24) is 4.98 Å². The van der Waals surface area contributed by atoms with Crippen LogP contribution in [-0.2, 0) is 0 Å². The first-order chi connectivity index (χ1) is 7.25. The van der Waals surface area contributed by atoms with E-state index in [1.54, 1.807) is 12.3 Å². The molecule has 3 nitrogen and oxygen atoms in total. The van der Waals surface area contributed by atoms with Gasteiger partial charge in [-0.1, -0.05) is 25.1 Å². The van der Waals surface area contributed by atoms with Crippen molar-refractivity contribution >= 4 is 17.2 Å². The van der Waals surface area contributed by atoms with Crippen molar-refractivity contribution in [2.45, 2.75) is 19.3 Å². The molecule has 0 saturated heterocycles. The van der Waals surface area contributed by atoms with Crippen LogP contribution in [0.3, 0.4) is 0 Å². The van der Waals surface area contributed by atoms with E-state index >= 15 is 0 Å². The van der Waals surface area contributed by atoms with Gasteiger partial charge in [0.1, 0.15) is 10.7 Å². The van der Waals surface area contributed by atoms with E-state index in [1.807, 2.05) is 6.07 Å². The summed E-state index contributed by atoms with van der Waals surface area (Å²) in [6.07, 6.45) is 5.54. The molecule has 0 aromatic carbocycles. The summed E-state index contributed by atoms with van der Waals surface area (Å²) in [5.41, 5.74) is 6.08. The van der Waals surface area contributed by atoms with E-state index in [-0.39, 0.29) is 0 Å². The summed E-state index contributed by atoms with van der Waals surface area (Å²) < 4.78 is 5.54. The van der Waals surface area contributed by atoms with Gasteiger partial charge in [0.2, 0.25) is 0 Å². The fraction of sp³-hybridized carbons (Fsp3) is 0.455. The molecule has 0 atom stereocenters. The zero-order valence-electron chi connectivity index (χ0n) is 8.48. The number of pyridine rings is 1. The summed E-state index contributed by atoms with van der Waals surface area (Å²) in [5.74, 6) is 1.68. The molecule has 1 aliphatic rings. The smallest absolute Gasteiger partial charge is 0.137 e. The molecule has 2 N–H and O–H groups in total. The lowest BCUT2D eigenvalue weighted by molar-refractivity contribution is 0.301. The van der Waals surface area contributed by atoms with Crippen LogP contribution in [-0.4, -0.2) is 16.6 Å². The number of thiocarbonyl (C=S) groups is 1. The second-order valence-electron chi connectivity index (χ2n) is 3.82. The van der Waals surface area contributed by atoms with Crippen LogP contribution in [0.15, 0.2) is 18.3 Å². The number of aromatic nitrogens is 1. The van der Waals surface area contributed by atoms with Gasteiger partial charge in [-0.2, -0.15) is 0 Å². The van der Waals surface area contributed by atoms with Gasteiger partial charge in [0.15, 0.2) is 0 Å². The third kappa shape index (κ3) is 3.16. The molecule has 0 bridgehead atoms. The zero-order chi connectivity index (χ0) is 10.7. The summed E-state index contributed by atoms with van der Waals surface area (Å²) in [4.78, 5) is 4.42. The first-order valence-electron chi connectivity index (χ1n) is 5.14. The molecule has 1 fully saturated rings. The number of rotatable bonds is 5. The molecular weight excluding hydrogens is 208 g/mol. The van der Waals surface area contributed by atoms with Crippen molar-refractivity contribution in [2.75, 3.05) is 6.61 Å². The van der Waals surface area contributed by atoms with E-state index in [9.17, 15) is 0 Å². The molecule has 80 valence electrons. The SMILES string of the molecule is NC(=S)c1ccc(OCCC2CC2)cn1. The highest BCUT2D eigenvalue weighted by molar-refractivity contribution is 7.80. The maximum atomic E-state index is 5.54. The molecular formula is C11H14N2OS. The molecule has 1 aromatic rings. The van der Waals surface area contributed by atoms with Crippen molar-refractivity contribution in [1.29, 1.82) is 0 Å². The van der Waals surface area contributed by atoms with Crippen LogP contribution in [0.5, 0.6) is 5.75 Å². The van der Waals surface area contributed by atoms with Gasteiger partial charge in [-0.15, -0.1) is 0 Å². The van der Waals surface area contributed by atoms with Gasteiger partial charge in [-0.25, -0.2) is 4.98 Å². The number of nitrogens with two attached hydrogens (primary N) is 1. The Balaban J connectivity index is 1.83. The lowest BCUT2D eigenvalue weighted by atomic mass is 10.3. The molecule has 4 heteroatoms. The Hall–Kier alpha value is -1.16. The van der Waals surface area contributed by atoms with Crippen LogP contribution in [0.4, 0.5) is 0 Å². The molecule has 0 unspecified atom stereocenters. The van der Waals surface area contributed by atoms with Crippen LogP contribution in [0.1, 0.15) is 25.0 Å². The van der Waals surface area contributed by atoms with Gasteiger partial charge >= 0.3 is 0 Å². The first kappa shape index (κ1) is 10.4. The Kier molecular flexibility index (Phi) is 3.16. The normalized spacial score (nSPS) is 14.9. The van der Waals surface area contributed by atoms with Gasteiger partial charge in [0.25, 0.3) is 0 Å². The van der Waals surface area contributed by atoms with Crippen molar-refractivity contribution in [3.63, 3.8) is 0 Å². The average molecular weight is 222 g/mol. The third-order valence-corrected chi connectivity index (χ3v) is 2.69. The van der Waals surface area contributed by atoms with Crippen LogP contribution in [0.2, 0.25) is 0 Å². The molecule has 1 saturated carbocycles. The van der Waals surface area contributed by atoms with Gasteiger partial charge < -0.3 is 10.5 Å². The van der Waals surface area contributed by atoms with Crippen molar-refractivity contribution < 1.29 is 4.74 Å². The van der Waals surface area contributed by atoms with Crippen LogP contribution in [0.25, 0.3) is 0 Å². The minimum absolute atomic E-state index is 0.319. The van der Waals surface area contributed by atoms with E-state index in [1.165, 1.54) is 12.8 Å².